The molecule has 1 rings (SSSR count). The zero-order valence-corrected chi connectivity index (χ0v) is 11.8. The molecule has 0 saturated heterocycles. The summed E-state index contributed by atoms with van der Waals surface area (Å²) in [5.41, 5.74) is 5.83. The maximum atomic E-state index is 11.7. The average Bonchev–Trinajstić information content (AvgIpc) is 2.46. The molecular weight excluding hydrogens is 240 g/mol. The number of nitrogens with one attached hydrogen (secondary N) is 1. The van der Waals surface area contributed by atoms with Gasteiger partial charge in [0.05, 0.1) is 12.6 Å². The van der Waals surface area contributed by atoms with Gasteiger partial charge in [0.2, 0.25) is 5.91 Å². The molecule has 0 aliphatic heterocycles. The molecule has 0 aromatic heterocycles. The zero-order valence-electron chi connectivity index (χ0n) is 11.8. The Balaban J connectivity index is 2.12. The highest BCUT2D eigenvalue weighted by Crippen LogP contribution is 2.08. The van der Waals surface area contributed by atoms with Gasteiger partial charge < -0.3 is 15.8 Å². The second-order valence-electron chi connectivity index (χ2n) is 4.72. The third kappa shape index (κ3) is 5.75. The van der Waals surface area contributed by atoms with Crippen LogP contribution in [0.25, 0.3) is 0 Å². The van der Waals surface area contributed by atoms with Gasteiger partial charge in [0.25, 0.3) is 0 Å². The Morgan fingerprint density at radius 2 is 2.05 bits per heavy atom. The number of para-hydroxylation sites is 1. The van der Waals surface area contributed by atoms with Crippen LogP contribution in [0.15, 0.2) is 30.3 Å². The lowest BCUT2D eigenvalue weighted by Crippen LogP contribution is -2.45. The molecule has 106 valence electrons. The topological polar surface area (TPSA) is 64.4 Å². The molecule has 4 nitrogen and oxygen atoms in total. The van der Waals surface area contributed by atoms with Crippen molar-refractivity contribution in [3.8, 4) is 5.75 Å². The van der Waals surface area contributed by atoms with E-state index in [1.165, 1.54) is 0 Å². The Hall–Kier alpha value is -1.55. The van der Waals surface area contributed by atoms with E-state index in [-0.39, 0.29) is 11.8 Å². The first kappa shape index (κ1) is 15.5. The number of ether oxygens (including phenoxy) is 1. The average molecular weight is 264 g/mol. The van der Waals surface area contributed by atoms with Crippen LogP contribution in [0, 0.1) is 5.92 Å². The van der Waals surface area contributed by atoms with Gasteiger partial charge >= 0.3 is 0 Å². The van der Waals surface area contributed by atoms with Crippen molar-refractivity contribution in [2.24, 2.45) is 11.7 Å². The van der Waals surface area contributed by atoms with Crippen molar-refractivity contribution >= 4 is 5.91 Å². The molecule has 2 atom stereocenters. The molecular formula is C15H24N2O2. The molecule has 1 amide bonds. The fourth-order valence-corrected chi connectivity index (χ4v) is 1.62. The van der Waals surface area contributed by atoms with Crippen LogP contribution in [-0.4, -0.2) is 25.1 Å². The normalized spacial score (nSPS) is 13.6. The molecule has 3 N–H and O–H groups in total. The predicted octanol–water partition coefficient (Wildman–Crippen LogP) is 1.95. The smallest absolute Gasteiger partial charge is 0.237 e. The molecule has 0 bridgehead atoms. The summed E-state index contributed by atoms with van der Waals surface area (Å²) < 4.78 is 5.53. The van der Waals surface area contributed by atoms with E-state index >= 15 is 0 Å². The highest BCUT2D eigenvalue weighted by atomic mass is 16.5. The van der Waals surface area contributed by atoms with Crippen molar-refractivity contribution in [1.29, 1.82) is 0 Å². The van der Waals surface area contributed by atoms with Gasteiger partial charge in [-0.05, 0) is 24.5 Å². The van der Waals surface area contributed by atoms with Crippen LogP contribution in [0.2, 0.25) is 0 Å². The first-order valence-electron chi connectivity index (χ1n) is 6.86. The first-order chi connectivity index (χ1) is 9.15. The number of amides is 1. The van der Waals surface area contributed by atoms with Crippen LogP contribution in [0.1, 0.15) is 26.7 Å². The van der Waals surface area contributed by atoms with Gasteiger partial charge in [0.1, 0.15) is 5.75 Å². The fraction of sp³-hybridized carbons (Fsp3) is 0.533. The van der Waals surface area contributed by atoms with Gasteiger partial charge in [-0.25, -0.2) is 0 Å². The highest BCUT2D eigenvalue weighted by molar-refractivity contribution is 5.81. The van der Waals surface area contributed by atoms with E-state index in [1.54, 1.807) is 0 Å². The number of carbonyl (C=O) groups excluding carboxylic acids is 1. The van der Waals surface area contributed by atoms with E-state index in [2.05, 4.69) is 5.32 Å². The van der Waals surface area contributed by atoms with E-state index in [0.717, 1.165) is 18.6 Å². The summed E-state index contributed by atoms with van der Waals surface area (Å²) >= 11 is 0. The summed E-state index contributed by atoms with van der Waals surface area (Å²) in [4.78, 5) is 11.7. The predicted molar refractivity (Wildman–Crippen MR) is 77.0 cm³/mol. The van der Waals surface area contributed by atoms with Gasteiger partial charge in [-0.15, -0.1) is 0 Å². The lowest BCUT2D eigenvalue weighted by atomic mass is 9.99. The van der Waals surface area contributed by atoms with Gasteiger partial charge in [-0.2, -0.15) is 0 Å². The van der Waals surface area contributed by atoms with Gasteiger partial charge in [0, 0.05) is 6.54 Å². The molecule has 0 radical (unpaired) electrons. The summed E-state index contributed by atoms with van der Waals surface area (Å²) in [7, 11) is 0. The minimum atomic E-state index is -0.417. The second kappa shape index (κ2) is 8.53. The molecule has 19 heavy (non-hydrogen) atoms. The van der Waals surface area contributed by atoms with Gasteiger partial charge in [-0.3, -0.25) is 4.79 Å². The molecule has 1 unspecified atom stereocenters. The number of nitrogens with two attached hydrogens (primary N) is 1. The van der Waals surface area contributed by atoms with Gasteiger partial charge in [0.15, 0.2) is 0 Å². The van der Waals surface area contributed by atoms with Crippen LogP contribution in [0.3, 0.4) is 0 Å². The van der Waals surface area contributed by atoms with Crippen LogP contribution in [-0.2, 0) is 4.79 Å². The first-order valence-corrected chi connectivity index (χ1v) is 6.86. The second-order valence-corrected chi connectivity index (χ2v) is 4.72. The third-order valence-electron chi connectivity index (χ3n) is 3.19. The Morgan fingerprint density at radius 1 is 1.37 bits per heavy atom. The molecule has 4 heteroatoms. The van der Waals surface area contributed by atoms with Crippen LogP contribution in [0.5, 0.6) is 5.75 Å². The summed E-state index contributed by atoms with van der Waals surface area (Å²) in [6.07, 6.45) is 1.68. The quantitative estimate of drug-likeness (QED) is 0.705. The fourth-order valence-electron chi connectivity index (χ4n) is 1.62. The number of rotatable bonds is 8. The maximum absolute atomic E-state index is 11.7. The van der Waals surface area contributed by atoms with E-state index in [4.69, 9.17) is 10.5 Å². The van der Waals surface area contributed by atoms with E-state index < -0.39 is 6.04 Å². The Morgan fingerprint density at radius 3 is 2.68 bits per heavy atom. The van der Waals surface area contributed by atoms with Crippen molar-refractivity contribution in [1.82, 2.24) is 5.32 Å². The number of carbonyl (C=O) groups is 1. The van der Waals surface area contributed by atoms with Gasteiger partial charge in [-0.1, -0.05) is 38.5 Å². The molecule has 1 aromatic rings. The van der Waals surface area contributed by atoms with E-state index in [0.29, 0.717) is 13.2 Å². The molecule has 0 aliphatic carbocycles. The van der Waals surface area contributed by atoms with E-state index in [9.17, 15) is 4.79 Å². The van der Waals surface area contributed by atoms with Crippen molar-refractivity contribution < 1.29 is 9.53 Å². The Labute approximate surface area is 115 Å². The van der Waals surface area contributed by atoms with Crippen LogP contribution >= 0.6 is 0 Å². The third-order valence-corrected chi connectivity index (χ3v) is 3.19. The number of hydrogen-bond acceptors (Lipinski definition) is 3. The van der Waals surface area contributed by atoms with Crippen LogP contribution < -0.4 is 15.8 Å². The molecule has 1 aromatic carbocycles. The monoisotopic (exact) mass is 264 g/mol. The largest absolute Gasteiger partial charge is 0.494 e. The minimum Gasteiger partial charge on any atom is -0.494 e. The molecule has 0 spiro atoms. The number of benzene rings is 1. The molecule has 0 fully saturated rings. The summed E-state index contributed by atoms with van der Waals surface area (Å²) in [5.74, 6) is 0.986. The summed E-state index contributed by atoms with van der Waals surface area (Å²) in [5, 5.41) is 2.84. The van der Waals surface area contributed by atoms with Crippen molar-refractivity contribution in [3.05, 3.63) is 30.3 Å². The Kier molecular flexibility index (Phi) is 6.97. The van der Waals surface area contributed by atoms with E-state index in [1.807, 2.05) is 44.2 Å². The SMILES string of the molecule is CCC(C)[C@H](N)C(=O)NCCCOc1ccccc1. The molecule has 0 saturated carbocycles. The van der Waals surface area contributed by atoms with Crippen molar-refractivity contribution in [3.63, 3.8) is 0 Å². The summed E-state index contributed by atoms with van der Waals surface area (Å²) in [6.45, 7) is 5.20. The standard InChI is InChI=1S/C15H24N2O2/c1-3-12(2)14(16)15(18)17-10-7-11-19-13-8-5-4-6-9-13/h4-6,8-9,12,14H,3,7,10-11,16H2,1-2H3,(H,17,18)/t12?,14-/m0/s1. The zero-order chi connectivity index (χ0) is 14.1. The summed E-state index contributed by atoms with van der Waals surface area (Å²) in [6, 6.07) is 9.22. The lowest BCUT2D eigenvalue weighted by Gasteiger charge is -2.17. The highest BCUT2D eigenvalue weighted by Gasteiger charge is 2.18. The van der Waals surface area contributed by atoms with Crippen molar-refractivity contribution in [2.45, 2.75) is 32.7 Å². The van der Waals surface area contributed by atoms with Crippen LogP contribution in [0.4, 0.5) is 0 Å². The molecule has 0 heterocycles. The number of hydrogen-bond donors (Lipinski definition) is 2. The van der Waals surface area contributed by atoms with Crippen molar-refractivity contribution in [2.75, 3.05) is 13.2 Å². The Bertz CT molecular complexity index is 368. The minimum absolute atomic E-state index is 0.0749. The molecule has 0 aliphatic rings. The lowest BCUT2D eigenvalue weighted by molar-refractivity contribution is -0.123. The maximum Gasteiger partial charge on any atom is 0.237 e.